The van der Waals surface area contributed by atoms with E-state index in [0.717, 1.165) is 49.6 Å². The van der Waals surface area contributed by atoms with Crippen LogP contribution in [-0.4, -0.2) is 108 Å². The first-order valence-electron chi connectivity index (χ1n) is 17.1. The zero-order chi connectivity index (χ0) is 34.0. The van der Waals surface area contributed by atoms with E-state index in [0.29, 0.717) is 91.1 Å². The summed E-state index contributed by atoms with van der Waals surface area (Å²) in [6.45, 7) is 7.04. The van der Waals surface area contributed by atoms with Gasteiger partial charge in [0.15, 0.2) is 0 Å². The lowest BCUT2D eigenvalue weighted by Crippen LogP contribution is -2.30. The predicted octanol–water partition coefficient (Wildman–Crippen LogP) is 3.43. The number of aromatic nitrogens is 1. The summed E-state index contributed by atoms with van der Waals surface area (Å²) in [5, 5.41) is 6.92. The maximum Gasteiger partial charge on any atom is 0.222 e. The Bertz CT molecular complexity index is 1170. The van der Waals surface area contributed by atoms with Crippen LogP contribution in [0, 0.1) is 0 Å². The molecule has 0 saturated carbocycles. The van der Waals surface area contributed by atoms with E-state index in [1.54, 1.807) is 7.05 Å². The molecule has 0 fully saturated rings. The number of fused-ring (bicyclic) bond motifs is 1. The molecule has 0 radical (unpaired) electrons. The molecule has 0 saturated heterocycles. The van der Waals surface area contributed by atoms with Crippen molar-refractivity contribution in [1.82, 2.24) is 20.5 Å². The van der Waals surface area contributed by atoms with E-state index in [4.69, 9.17) is 24.7 Å². The number of amides is 3. The fourth-order valence-corrected chi connectivity index (χ4v) is 4.84. The van der Waals surface area contributed by atoms with Gasteiger partial charge in [0.05, 0.1) is 58.4 Å². The predicted molar refractivity (Wildman–Crippen MR) is 184 cm³/mol. The summed E-state index contributed by atoms with van der Waals surface area (Å²) in [4.78, 5) is 40.3. The van der Waals surface area contributed by atoms with Gasteiger partial charge in [-0.3, -0.25) is 14.4 Å². The van der Waals surface area contributed by atoms with Crippen molar-refractivity contribution in [2.24, 2.45) is 0 Å². The number of ether oxygens (including phenoxy) is 4. The molecular formula is C35H57N5O7. The van der Waals surface area contributed by atoms with Gasteiger partial charge >= 0.3 is 0 Å². The summed E-state index contributed by atoms with van der Waals surface area (Å²) in [7, 11) is 1.63. The van der Waals surface area contributed by atoms with E-state index >= 15 is 0 Å². The Balaban J connectivity index is 1.38. The average Bonchev–Trinajstić information content (AvgIpc) is 3.07. The molecule has 0 aliphatic carbocycles. The lowest BCUT2D eigenvalue weighted by atomic mass is 9.99. The van der Waals surface area contributed by atoms with E-state index in [1.807, 2.05) is 6.07 Å². The van der Waals surface area contributed by atoms with Gasteiger partial charge < -0.3 is 40.2 Å². The van der Waals surface area contributed by atoms with Crippen molar-refractivity contribution in [3.63, 3.8) is 0 Å². The molecule has 0 spiro atoms. The Morgan fingerprint density at radius 3 is 2.11 bits per heavy atom. The van der Waals surface area contributed by atoms with Gasteiger partial charge in [-0.05, 0) is 55.4 Å². The van der Waals surface area contributed by atoms with E-state index in [-0.39, 0.29) is 18.2 Å². The van der Waals surface area contributed by atoms with Crippen LogP contribution in [0.5, 0.6) is 0 Å². The highest BCUT2D eigenvalue weighted by atomic mass is 16.6. The Kier molecular flexibility index (Phi) is 21.8. The van der Waals surface area contributed by atoms with Crippen LogP contribution in [0.15, 0.2) is 24.3 Å². The van der Waals surface area contributed by atoms with E-state index in [2.05, 4.69) is 40.7 Å². The normalized spacial score (nSPS) is 11.1. The zero-order valence-corrected chi connectivity index (χ0v) is 28.6. The molecule has 2 aromatic rings. The third-order valence-corrected chi connectivity index (χ3v) is 7.59. The molecule has 12 heteroatoms. The Morgan fingerprint density at radius 2 is 1.40 bits per heavy atom. The van der Waals surface area contributed by atoms with E-state index in [9.17, 15) is 14.4 Å². The first kappa shape index (κ1) is 39.9. The molecule has 3 amide bonds. The van der Waals surface area contributed by atoms with Crippen molar-refractivity contribution in [2.45, 2.75) is 71.1 Å². The van der Waals surface area contributed by atoms with Crippen LogP contribution < -0.4 is 16.4 Å². The van der Waals surface area contributed by atoms with Crippen LogP contribution in [0.25, 0.3) is 10.9 Å². The third-order valence-electron chi connectivity index (χ3n) is 7.59. The van der Waals surface area contributed by atoms with Gasteiger partial charge in [0.25, 0.3) is 0 Å². The van der Waals surface area contributed by atoms with Crippen molar-refractivity contribution < 1.29 is 33.3 Å². The molecule has 47 heavy (non-hydrogen) atoms. The molecule has 4 N–H and O–H groups in total. The number of carbonyl (C=O) groups is 3. The van der Waals surface area contributed by atoms with E-state index < -0.39 is 0 Å². The number of nitrogens with two attached hydrogens (primary N) is 1. The summed E-state index contributed by atoms with van der Waals surface area (Å²) in [5.41, 5.74) is 9.65. The Hall–Kier alpha value is -3.32. The summed E-state index contributed by atoms with van der Waals surface area (Å²) in [5.74, 6) is 0.534. The molecule has 0 aliphatic rings. The molecule has 0 aliphatic heterocycles. The van der Waals surface area contributed by atoms with Gasteiger partial charge in [-0.2, -0.15) is 0 Å². The number of nitrogens with one attached hydrogen (secondary N) is 2. The Morgan fingerprint density at radius 1 is 0.787 bits per heavy atom. The summed E-state index contributed by atoms with van der Waals surface area (Å²) < 4.78 is 21.8. The number of nitrogens with zero attached hydrogens (tertiary/aromatic N) is 2. The molecule has 2 rings (SSSR count). The lowest BCUT2D eigenvalue weighted by molar-refractivity contribution is -0.123. The summed E-state index contributed by atoms with van der Waals surface area (Å²) in [6.07, 6.45) is 9.79. The Labute approximate surface area is 280 Å². The maximum atomic E-state index is 12.1. The number of hydrogen-bond donors (Lipinski definition) is 3. The fourth-order valence-electron chi connectivity index (χ4n) is 4.84. The second-order valence-electron chi connectivity index (χ2n) is 11.5. The maximum absolute atomic E-state index is 12.1. The number of hydrogen-bond acceptors (Lipinski definition) is 9. The van der Waals surface area contributed by atoms with Gasteiger partial charge in [-0.1, -0.05) is 38.3 Å². The van der Waals surface area contributed by atoms with Crippen LogP contribution in [0.2, 0.25) is 0 Å². The molecule has 1 aromatic carbocycles. The summed E-state index contributed by atoms with van der Waals surface area (Å²) >= 11 is 0. The minimum absolute atomic E-state index is 0.000312. The number of benzene rings is 1. The molecular weight excluding hydrogens is 602 g/mol. The fraction of sp³-hybridized carbons (Fsp3) is 0.657. The monoisotopic (exact) mass is 659 g/mol. The number of rotatable bonds is 29. The minimum atomic E-state index is -0.116. The van der Waals surface area contributed by atoms with E-state index in [1.165, 1.54) is 28.7 Å². The first-order chi connectivity index (χ1) is 22.9. The van der Waals surface area contributed by atoms with Gasteiger partial charge in [-0.15, -0.1) is 0 Å². The van der Waals surface area contributed by atoms with Crippen LogP contribution >= 0.6 is 0 Å². The summed E-state index contributed by atoms with van der Waals surface area (Å²) in [6, 6.07) is 8.51. The highest BCUT2D eigenvalue weighted by molar-refractivity contribution is 5.84. The smallest absolute Gasteiger partial charge is 0.222 e. The first-order valence-corrected chi connectivity index (χ1v) is 17.1. The van der Waals surface area contributed by atoms with Crippen LogP contribution in [0.3, 0.4) is 0 Å². The van der Waals surface area contributed by atoms with Gasteiger partial charge in [0, 0.05) is 44.9 Å². The third kappa shape index (κ3) is 18.6. The molecule has 0 unspecified atom stereocenters. The van der Waals surface area contributed by atoms with Crippen molar-refractivity contribution in [3.05, 3.63) is 35.4 Å². The van der Waals surface area contributed by atoms with Crippen LogP contribution in [0.1, 0.15) is 69.4 Å². The molecule has 0 atom stereocenters. The van der Waals surface area contributed by atoms with Crippen molar-refractivity contribution in [2.75, 3.05) is 85.3 Å². The lowest BCUT2D eigenvalue weighted by Gasteiger charge is -2.11. The number of pyridine rings is 1. The van der Waals surface area contributed by atoms with Crippen molar-refractivity contribution in [1.29, 1.82) is 0 Å². The molecule has 1 heterocycles. The van der Waals surface area contributed by atoms with Crippen LogP contribution in [0.4, 0.5) is 5.82 Å². The second kappa shape index (κ2) is 25.7. The van der Waals surface area contributed by atoms with Crippen molar-refractivity contribution >= 4 is 34.9 Å². The number of anilines is 1. The van der Waals surface area contributed by atoms with Crippen molar-refractivity contribution in [3.8, 4) is 0 Å². The SMILES string of the molecule is CCCCCc1cc2c(CCCCCNC(=O)CCOCCOCCOCCOCCNC(=O)CCN(C)C=O)cccc2nc1N. The number of carbonyl (C=O) groups excluding carboxylic acids is 3. The number of unbranched alkanes of at least 4 members (excludes halogenated alkanes) is 4. The highest BCUT2D eigenvalue weighted by Crippen LogP contribution is 2.24. The minimum Gasteiger partial charge on any atom is -0.383 e. The number of aryl methyl sites for hydroxylation is 2. The standard InChI is InChI=1S/C35H57N5O7/c1-3-4-6-11-30-27-31-29(12-9-13-32(31)39-35(30)36)10-7-5-8-16-37-34(43)15-19-44-21-23-46-25-26-47-24-22-45-20-17-38-33(42)14-18-40(2)28-41/h9,12-13,27-28H,3-8,10-11,14-26H2,1-2H3,(H2,36,39)(H,37,43)(H,38,42). The topological polar surface area (TPSA) is 154 Å². The zero-order valence-electron chi connectivity index (χ0n) is 28.6. The highest BCUT2D eigenvalue weighted by Gasteiger charge is 2.08. The van der Waals surface area contributed by atoms with Gasteiger partial charge in [-0.25, -0.2) is 4.98 Å². The average molecular weight is 660 g/mol. The quantitative estimate of drug-likeness (QED) is 0.0880. The molecule has 1 aromatic heterocycles. The molecule has 264 valence electrons. The largest absolute Gasteiger partial charge is 0.383 e. The number of nitrogen functional groups attached to an aromatic ring is 1. The van der Waals surface area contributed by atoms with Gasteiger partial charge in [0.2, 0.25) is 18.2 Å². The van der Waals surface area contributed by atoms with Crippen LogP contribution in [-0.2, 0) is 46.2 Å². The molecule has 0 bridgehead atoms. The molecule has 12 nitrogen and oxygen atoms in total. The van der Waals surface area contributed by atoms with Gasteiger partial charge in [0.1, 0.15) is 5.82 Å². The second-order valence-corrected chi connectivity index (χ2v) is 11.5.